The summed E-state index contributed by atoms with van der Waals surface area (Å²) in [5.74, 6) is 0.850. The summed E-state index contributed by atoms with van der Waals surface area (Å²) in [5.41, 5.74) is 2.43. The molecule has 0 radical (unpaired) electrons. The van der Waals surface area contributed by atoms with Crippen molar-refractivity contribution in [1.29, 1.82) is 0 Å². The summed E-state index contributed by atoms with van der Waals surface area (Å²) in [6.07, 6.45) is 0. The first kappa shape index (κ1) is 14.7. The molecule has 2 aromatic rings. The molecule has 20 heavy (non-hydrogen) atoms. The van der Waals surface area contributed by atoms with Crippen molar-refractivity contribution in [1.82, 2.24) is 0 Å². The molecular weight excluding hydrogens is 277 g/mol. The molecule has 0 amide bonds. The van der Waals surface area contributed by atoms with Gasteiger partial charge in [0, 0.05) is 19.5 Å². The van der Waals surface area contributed by atoms with Gasteiger partial charge in [-0.05, 0) is 29.3 Å². The van der Waals surface area contributed by atoms with E-state index in [1.165, 1.54) is 6.07 Å². The van der Waals surface area contributed by atoms with Crippen molar-refractivity contribution >= 4 is 17.3 Å². The second kappa shape index (κ2) is 6.62. The molecule has 0 aromatic heterocycles. The number of para-hydroxylation sites is 1. The highest BCUT2D eigenvalue weighted by atomic mass is 35.5. The van der Waals surface area contributed by atoms with Crippen LogP contribution in [0.1, 0.15) is 11.1 Å². The van der Waals surface area contributed by atoms with Gasteiger partial charge in [-0.25, -0.2) is 4.39 Å². The third-order valence-corrected chi connectivity index (χ3v) is 3.46. The summed E-state index contributed by atoms with van der Waals surface area (Å²) in [4.78, 5) is 1.87. The quantitative estimate of drug-likeness (QED) is 0.766. The van der Waals surface area contributed by atoms with Crippen molar-refractivity contribution in [2.24, 2.45) is 0 Å². The molecule has 0 heterocycles. The number of ether oxygens (including phenoxy) is 1. The standard InChI is InChI=1S/C16H17ClFNO/c1-19(11-12-6-8-14(20-2)9-7-12)16-13(10-17)4-3-5-15(16)18/h3-9H,10-11H2,1-2H3. The maximum atomic E-state index is 14.0. The van der Waals surface area contributed by atoms with Gasteiger partial charge in [0.1, 0.15) is 11.6 Å². The smallest absolute Gasteiger partial charge is 0.146 e. The van der Waals surface area contributed by atoms with Gasteiger partial charge in [0.15, 0.2) is 0 Å². The van der Waals surface area contributed by atoms with Crippen LogP contribution in [0.15, 0.2) is 42.5 Å². The highest BCUT2D eigenvalue weighted by molar-refractivity contribution is 6.17. The first-order valence-corrected chi connectivity index (χ1v) is 6.86. The van der Waals surface area contributed by atoms with Gasteiger partial charge in [-0.2, -0.15) is 0 Å². The maximum absolute atomic E-state index is 14.0. The van der Waals surface area contributed by atoms with Crippen molar-refractivity contribution in [3.8, 4) is 5.75 Å². The molecule has 0 saturated heterocycles. The summed E-state index contributed by atoms with van der Waals surface area (Å²) in [6.45, 7) is 0.606. The van der Waals surface area contributed by atoms with Gasteiger partial charge in [-0.15, -0.1) is 11.6 Å². The molecule has 0 aliphatic rings. The zero-order valence-corrected chi connectivity index (χ0v) is 12.3. The summed E-state index contributed by atoms with van der Waals surface area (Å²) in [6, 6.07) is 12.7. The van der Waals surface area contributed by atoms with E-state index >= 15 is 0 Å². The number of halogens is 2. The van der Waals surface area contributed by atoms with Gasteiger partial charge in [-0.1, -0.05) is 24.3 Å². The first-order valence-electron chi connectivity index (χ1n) is 6.33. The van der Waals surface area contributed by atoms with E-state index in [9.17, 15) is 4.39 Å². The summed E-state index contributed by atoms with van der Waals surface area (Å²) >= 11 is 5.88. The predicted molar refractivity (Wildman–Crippen MR) is 81.1 cm³/mol. The molecule has 0 N–H and O–H groups in total. The van der Waals surface area contributed by atoms with Crippen LogP contribution in [0.25, 0.3) is 0 Å². The monoisotopic (exact) mass is 293 g/mol. The summed E-state index contributed by atoms with van der Waals surface area (Å²) in [5, 5.41) is 0. The number of benzene rings is 2. The molecule has 0 unspecified atom stereocenters. The van der Waals surface area contributed by atoms with E-state index in [1.54, 1.807) is 13.2 Å². The van der Waals surface area contributed by atoms with E-state index in [2.05, 4.69) is 0 Å². The lowest BCUT2D eigenvalue weighted by Crippen LogP contribution is -2.19. The largest absolute Gasteiger partial charge is 0.497 e. The molecule has 2 nitrogen and oxygen atoms in total. The molecule has 106 valence electrons. The van der Waals surface area contributed by atoms with E-state index in [0.29, 0.717) is 18.1 Å². The number of nitrogens with zero attached hydrogens (tertiary/aromatic N) is 1. The lowest BCUT2D eigenvalue weighted by atomic mass is 10.1. The number of alkyl halides is 1. The molecule has 0 bridgehead atoms. The van der Waals surface area contributed by atoms with E-state index in [1.807, 2.05) is 42.3 Å². The van der Waals surface area contributed by atoms with E-state index < -0.39 is 0 Å². The fourth-order valence-corrected chi connectivity index (χ4v) is 2.39. The molecular formula is C16H17ClFNO. The van der Waals surface area contributed by atoms with E-state index in [4.69, 9.17) is 16.3 Å². The minimum absolute atomic E-state index is 0.251. The maximum Gasteiger partial charge on any atom is 0.146 e. The van der Waals surface area contributed by atoms with Crippen LogP contribution in [0.4, 0.5) is 10.1 Å². The highest BCUT2D eigenvalue weighted by Gasteiger charge is 2.12. The third kappa shape index (κ3) is 3.23. The predicted octanol–water partition coefficient (Wildman–Crippen LogP) is 4.21. The highest BCUT2D eigenvalue weighted by Crippen LogP contribution is 2.26. The number of hydrogen-bond donors (Lipinski definition) is 0. The summed E-state index contributed by atoms with van der Waals surface area (Å²) < 4.78 is 19.1. The molecule has 0 spiro atoms. The SMILES string of the molecule is COc1ccc(CN(C)c2c(F)cccc2CCl)cc1. The molecule has 0 atom stereocenters. The molecule has 0 aliphatic carbocycles. The van der Waals surface area contributed by atoms with E-state index in [-0.39, 0.29) is 5.82 Å². The Kier molecular flexibility index (Phi) is 4.85. The van der Waals surface area contributed by atoms with Crippen LogP contribution >= 0.6 is 11.6 Å². The summed E-state index contributed by atoms with van der Waals surface area (Å²) in [7, 11) is 3.49. The Labute approximate surface area is 123 Å². The fourth-order valence-electron chi connectivity index (χ4n) is 2.18. The molecule has 0 saturated carbocycles. The number of rotatable bonds is 5. The van der Waals surface area contributed by atoms with Gasteiger partial charge < -0.3 is 9.64 Å². The lowest BCUT2D eigenvalue weighted by molar-refractivity contribution is 0.414. The van der Waals surface area contributed by atoms with Crippen molar-refractivity contribution in [3.05, 3.63) is 59.4 Å². The molecule has 2 aromatic carbocycles. The topological polar surface area (TPSA) is 12.5 Å². The molecule has 0 aliphatic heterocycles. The first-order chi connectivity index (χ1) is 9.65. The van der Waals surface area contributed by atoms with Crippen molar-refractivity contribution in [3.63, 3.8) is 0 Å². The minimum atomic E-state index is -0.251. The van der Waals surface area contributed by atoms with Crippen LogP contribution in [-0.4, -0.2) is 14.2 Å². The fraction of sp³-hybridized carbons (Fsp3) is 0.250. The zero-order valence-electron chi connectivity index (χ0n) is 11.6. The molecule has 2 rings (SSSR count). The van der Waals surface area contributed by atoms with E-state index in [0.717, 1.165) is 16.9 Å². The molecule has 0 fully saturated rings. The van der Waals surface area contributed by atoms with Crippen LogP contribution < -0.4 is 9.64 Å². The Balaban J connectivity index is 2.21. The van der Waals surface area contributed by atoms with Crippen molar-refractivity contribution < 1.29 is 9.13 Å². The minimum Gasteiger partial charge on any atom is -0.497 e. The number of methoxy groups -OCH3 is 1. The van der Waals surface area contributed by atoms with Crippen LogP contribution in [-0.2, 0) is 12.4 Å². The van der Waals surface area contributed by atoms with Gasteiger partial charge >= 0.3 is 0 Å². The Bertz CT molecular complexity index is 571. The van der Waals surface area contributed by atoms with Crippen LogP contribution in [0.5, 0.6) is 5.75 Å². The average Bonchev–Trinajstić information content (AvgIpc) is 2.47. The normalized spacial score (nSPS) is 10.4. The van der Waals surface area contributed by atoms with Crippen LogP contribution in [0.3, 0.4) is 0 Å². The average molecular weight is 294 g/mol. The van der Waals surface area contributed by atoms with Gasteiger partial charge in [-0.3, -0.25) is 0 Å². The third-order valence-electron chi connectivity index (χ3n) is 3.17. The van der Waals surface area contributed by atoms with Crippen LogP contribution in [0, 0.1) is 5.82 Å². The van der Waals surface area contributed by atoms with Crippen molar-refractivity contribution in [2.75, 3.05) is 19.1 Å². The molecule has 4 heteroatoms. The van der Waals surface area contributed by atoms with Gasteiger partial charge in [0.2, 0.25) is 0 Å². The zero-order chi connectivity index (χ0) is 14.5. The Morgan fingerprint density at radius 3 is 2.45 bits per heavy atom. The van der Waals surface area contributed by atoms with Gasteiger partial charge in [0.25, 0.3) is 0 Å². The second-order valence-corrected chi connectivity index (χ2v) is 4.85. The second-order valence-electron chi connectivity index (χ2n) is 4.59. The Morgan fingerprint density at radius 1 is 1.15 bits per heavy atom. The van der Waals surface area contributed by atoms with Gasteiger partial charge in [0.05, 0.1) is 12.8 Å². The van der Waals surface area contributed by atoms with Crippen LogP contribution in [0.2, 0.25) is 0 Å². The van der Waals surface area contributed by atoms with Crippen molar-refractivity contribution in [2.45, 2.75) is 12.4 Å². The lowest BCUT2D eigenvalue weighted by Gasteiger charge is -2.22. The number of hydrogen-bond acceptors (Lipinski definition) is 2. The Morgan fingerprint density at radius 2 is 1.85 bits per heavy atom. The number of anilines is 1. The Hall–Kier alpha value is -1.74.